The lowest BCUT2D eigenvalue weighted by atomic mass is 9.98. The van der Waals surface area contributed by atoms with Crippen LogP contribution in [0, 0.1) is 5.92 Å². The molecule has 0 spiro atoms. The van der Waals surface area contributed by atoms with Gasteiger partial charge in [-0.2, -0.15) is 5.21 Å². The zero-order valence-corrected chi connectivity index (χ0v) is 22.5. The topological polar surface area (TPSA) is 116 Å². The molecule has 2 aromatic carbocycles. The van der Waals surface area contributed by atoms with Crippen molar-refractivity contribution in [3.63, 3.8) is 0 Å². The van der Waals surface area contributed by atoms with E-state index >= 15 is 0 Å². The van der Waals surface area contributed by atoms with E-state index in [4.69, 9.17) is 4.98 Å². The maximum absolute atomic E-state index is 13.8. The normalized spacial score (nSPS) is 13.5. The van der Waals surface area contributed by atoms with Crippen LogP contribution in [0.1, 0.15) is 57.3 Å². The van der Waals surface area contributed by atoms with Crippen molar-refractivity contribution < 1.29 is 0 Å². The van der Waals surface area contributed by atoms with Crippen LogP contribution >= 0.6 is 0 Å². The minimum atomic E-state index is -0.245. The Kier molecular flexibility index (Phi) is 6.46. The third kappa shape index (κ3) is 4.60. The van der Waals surface area contributed by atoms with E-state index in [1.807, 2.05) is 35.8 Å². The second-order valence-corrected chi connectivity index (χ2v) is 10.7. The van der Waals surface area contributed by atoms with E-state index in [0.29, 0.717) is 42.5 Å². The largest absolute Gasteiger partial charge is 0.332 e. The van der Waals surface area contributed by atoms with Crippen LogP contribution in [0.15, 0.2) is 58.1 Å². The number of rotatable bonds is 9. The second-order valence-electron chi connectivity index (χ2n) is 10.7. The molecule has 0 unspecified atom stereocenters. The van der Waals surface area contributed by atoms with E-state index in [-0.39, 0.29) is 17.2 Å². The molecule has 6 rings (SSSR count). The summed E-state index contributed by atoms with van der Waals surface area (Å²) in [5.41, 5.74) is 4.50. The first-order chi connectivity index (χ1) is 19.0. The van der Waals surface area contributed by atoms with Crippen LogP contribution in [0.4, 0.5) is 0 Å². The molecule has 0 atom stereocenters. The standard InChI is InChI=1S/C29H32N8O2/c1-4-15-35-27-24(28(38)37(29(35)39)17-19-9-10-19)36(26(30-27)18(2)3)16-20-11-13-21(14-12-20)22-7-5-6-8-23(22)25-31-33-34-32-25/h5-8,11-14,18-19H,4,9-10,15-17H2,1-3H3,(H,31,32,33,34). The van der Waals surface area contributed by atoms with Crippen LogP contribution < -0.4 is 11.2 Å². The summed E-state index contributed by atoms with van der Waals surface area (Å²) in [4.78, 5) is 32.0. The van der Waals surface area contributed by atoms with E-state index in [2.05, 4.69) is 58.7 Å². The Balaban J connectivity index is 1.43. The highest BCUT2D eigenvalue weighted by Crippen LogP contribution is 2.31. The van der Waals surface area contributed by atoms with Crippen molar-refractivity contribution in [2.75, 3.05) is 0 Å². The number of imidazole rings is 1. The molecule has 3 aromatic heterocycles. The fraction of sp³-hybridized carbons (Fsp3) is 0.379. The molecular formula is C29H32N8O2. The predicted octanol–water partition coefficient (Wildman–Crippen LogP) is 4.20. The summed E-state index contributed by atoms with van der Waals surface area (Å²) in [6.07, 6.45) is 2.92. The first-order valence-corrected chi connectivity index (χ1v) is 13.6. The molecule has 1 aliphatic rings. The molecule has 200 valence electrons. The Morgan fingerprint density at radius 1 is 0.974 bits per heavy atom. The molecule has 1 fully saturated rings. The average molecular weight is 525 g/mol. The minimum absolute atomic E-state index is 0.0833. The Labute approximate surface area is 225 Å². The third-order valence-corrected chi connectivity index (χ3v) is 7.36. The van der Waals surface area contributed by atoms with Crippen molar-refractivity contribution >= 4 is 11.2 Å². The van der Waals surface area contributed by atoms with Gasteiger partial charge in [0.2, 0.25) is 5.82 Å². The van der Waals surface area contributed by atoms with Crippen LogP contribution in [0.2, 0.25) is 0 Å². The molecule has 39 heavy (non-hydrogen) atoms. The van der Waals surface area contributed by atoms with Crippen molar-refractivity contribution in [2.24, 2.45) is 5.92 Å². The van der Waals surface area contributed by atoms with Crippen LogP contribution in [0.25, 0.3) is 33.7 Å². The van der Waals surface area contributed by atoms with Gasteiger partial charge in [0, 0.05) is 31.1 Å². The number of hydrogen-bond donors (Lipinski definition) is 1. The van der Waals surface area contributed by atoms with Crippen LogP contribution in [-0.2, 0) is 19.6 Å². The summed E-state index contributed by atoms with van der Waals surface area (Å²) in [6, 6.07) is 16.2. The summed E-state index contributed by atoms with van der Waals surface area (Å²) in [7, 11) is 0. The summed E-state index contributed by atoms with van der Waals surface area (Å²) >= 11 is 0. The summed E-state index contributed by atoms with van der Waals surface area (Å²) in [6.45, 7) is 7.67. The molecule has 10 nitrogen and oxygen atoms in total. The van der Waals surface area contributed by atoms with Crippen molar-refractivity contribution in [3.05, 3.63) is 80.8 Å². The van der Waals surface area contributed by atoms with Gasteiger partial charge in [-0.15, -0.1) is 10.2 Å². The van der Waals surface area contributed by atoms with Gasteiger partial charge in [-0.3, -0.25) is 13.9 Å². The number of H-pyrrole nitrogens is 1. The SMILES string of the molecule is CCCn1c(=O)n(CC2CC2)c(=O)c2c1nc(C(C)C)n2Cc1ccc(-c2ccccc2-c2nn[nH]n2)cc1. The maximum atomic E-state index is 13.8. The smallest absolute Gasteiger partial charge is 0.317 e. The average Bonchev–Trinajstić information content (AvgIpc) is 3.44. The highest BCUT2D eigenvalue weighted by Gasteiger charge is 2.27. The van der Waals surface area contributed by atoms with E-state index < -0.39 is 0 Å². The number of nitrogens with one attached hydrogen (secondary N) is 1. The van der Waals surface area contributed by atoms with Crippen LogP contribution in [-0.4, -0.2) is 39.3 Å². The van der Waals surface area contributed by atoms with Gasteiger partial charge in [0.1, 0.15) is 5.82 Å². The van der Waals surface area contributed by atoms with Crippen molar-refractivity contribution in [1.82, 2.24) is 39.3 Å². The molecule has 1 aliphatic carbocycles. The lowest BCUT2D eigenvalue weighted by Crippen LogP contribution is -2.41. The summed E-state index contributed by atoms with van der Waals surface area (Å²) in [5, 5.41) is 14.5. The molecule has 5 aromatic rings. The number of hydrogen-bond acceptors (Lipinski definition) is 6. The molecule has 0 saturated heterocycles. The number of nitrogens with zero attached hydrogens (tertiary/aromatic N) is 7. The molecule has 3 heterocycles. The number of fused-ring (bicyclic) bond motifs is 1. The van der Waals surface area contributed by atoms with E-state index in [0.717, 1.165) is 47.3 Å². The number of tetrazole rings is 1. The highest BCUT2D eigenvalue weighted by molar-refractivity contribution is 5.80. The molecular weight excluding hydrogens is 492 g/mol. The Bertz CT molecular complexity index is 1740. The second kappa shape index (κ2) is 10.1. The summed E-state index contributed by atoms with van der Waals surface area (Å²) < 4.78 is 5.15. The van der Waals surface area contributed by atoms with E-state index in [1.165, 1.54) is 4.57 Å². The molecule has 0 aliphatic heterocycles. The van der Waals surface area contributed by atoms with Gasteiger partial charge < -0.3 is 4.57 Å². The van der Waals surface area contributed by atoms with Gasteiger partial charge in [0.25, 0.3) is 5.56 Å². The maximum Gasteiger partial charge on any atom is 0.332 e. The fourth-order valence-corrected chi connectivity index (χ4v) is 5.23. The quantitative estimate of drug-likeness (QED) is 0.309. The minimum Gasteiger partial charge on any atom is -0.317 e. The van der Waals surface area contributed by atoms with Gasteiger partial charge in [-0.05, 0) is 47.1 Å². The van der Waals surface area contributed by atoms with Crippen LogP contribution in [0.5, 0.6) is 0 Å². The lowest BCUT2D eigenvalue weighted by Gasteiger charge is -2.14. The van der Waals surface area contributed by atoms with E-state index in [9.17, 15) is 9.59 Å². The third-order valence-electron chi connectivity index (χ3n) is 7.36. The van der Waals surface area contributed by atoms with Crippen molar-refractivity contribution in [2.45, 2.75) is 65.6 Å². The Morgan fingerprint density at radius 3 is 2.36 bits per heavy atom. The predicted molar refractivity (Wildman–Crippen MR) is 150 cm³/mol. The monoisotopic (exact) mass is 524 g/mol. The molecule has 1 saturated carbocycles. The molecule has 0 amide bonds. The molecule has 0 radical (unpaired) electrons. The number of aromatic nitrogens is 8. The lowest BCUT2D eigenvalue weighted by molar-refractivity contribution is 0.531. The van der Waals surface area contributed by atoms with E-state index in [1.54, 1.807) is 4.57 Å². The zero-order chi connectivity index (χ0) is 27.1. The number of aryl methyl sites for hydroxylation is 1. The first-order valence-electron chi connectivity index (χ1n) is 13.6. The Morgan fingerprint density at radius 2 is 1.72 bits per heavy atom. The first kappa shape index (κ1) is 25.0. The fourth-order valence-electron chi connectivity index (χ4n) is 5.23. The van der Waals surface area contributed by atoms with Gasteiger partial charge in [0.05, 0.1) is 0 Å². The highest BCUT2D eigenvalue weighted by atomic mass is 16.2. The zero-order valence-electron chi connectivity index (χ0n) is 22.5. The number of aromatic amines is 1. The van der Waals surface area contributed by atoms with Gasteiger partial charge in [0.15, 0.2) is 11.2 Å². The van der Waals surface area contributed by atoms with Crippen molar-refractivity contribution in [3.8, 4) is 22.5 Å². The Hall–Kier alpha value is -4.34. The van der Waals surface area contributed by atoms with Crippen LogP contribution in [0.3, 0.4) is 0 Å². The molecule has 0 bridgehead atoms. The number of benzene rings is 2. The van der Waals surface area contributed by atoms with Gasteiger partial charge in [-0.25, -0.2) is 9.78 Å². The van der Waals surface area contributed by atoms with Gasteiger partial charge in [-0.1, -0.05) is 69.3 Å². The van der Waals surface area contributed by atoms with Crippen molar-refractivity contribution in [1.29, 1.82) is 0 Å². The molecule has 1 N–H and O–H groups in total. The summed E-state index contributed by atoms with van der Waals surface area (Å²) in [5.74, 6) is 1.84. The van der Waals surface area contributed by atoms with Gasteiger partial charge >= 0.3 is 5.69 Å². The molecule has 10 heteroatoms.